The summed E-state index contributed by atoms with van der Waals surface area (Å²) in [6, 6.07) is 0. The van der Waals surface area contributed by atoms with Crippen LogP contribution in [0.5, 0.6) is 0 Å². The Morgan fingerprint density at radius 3 is 2.25 bits per heavy atom. The number of carbonyl (C=O) groups is 4. The van der Waals surface area contributed by atoms with Gasteiger partial charge in [0.2, 0.25) is 0 Å². The minimum Gasteiger partial charge on any atom is -0.458 e. The van der Waals surface area contributed by atoms with Crippen molar-refractivity contribution in [1.82, 2.24) is 0 Å². The summed E-state index contributed by atoms with van der Waals surface area (Å²) in [5.41, 5.74) is 0.991. The van der Waals surface area contributed by atoms with E-state index in [2.05, 4.69) is 6.58 Å². The summed E-state index contributed by atoms with van der Waals surface area (Å²) in [4.78, 5) is 52.9. The van der Waals surface area contributed by atoms with Gasteiger partial charge < -0.3 is 18.9 Å². The van der Waals surface area contributed by atoms with Gasteiger partial charge in [-0.25, -0.2) is 4.79 Å². The summed E-state index contributed by atoms with van der Waals surface area (Å²) in [5, 5.41) is 0. The van der Waals surface area contributed by atoms with Crippen LogP contribution in [0.4, 0.5) is 0 Å². The van der Waals surface area contributed by atoms with Gasteiger partial charge in [-0.3, -0.25) is 14.4 Å². The van der Waals surface area contributed by atoms with E-state index in [0.29, 0.717) is 30.6 Å². The third-order valence-corrected chi connectivity index (χ3v) is 8.97. The van der Waals surface area contributed by atoms with Crippen molar-refractivity contribution in [2.24, 2.45) is 29.6 Å². The molecule has 2 saturated carbocycles. The highest BCUT2D eigenvalue weighted by Gasteiger charge is 2.67. The Bertz CT molecular complexity index is 1080. The maximum Gasteiger partial charge on any atom is 0.331 e. The largest absolute Gasteiger partial charge is 0.458 e. The van der Waals surface area contributed by atoms with Gasteiger partial charge in [0.15, 0.2) is 18.0 Å². The molecule has 3 fully saturated rings. The fourth-order valence-corrected chi connectivity index (χ4v) is 5.78. The van der Waals surface area contributed by atoms with Gasteiger partial charge in [-0.05, 0) is 50.7 Å². The zero-order valence-corrected chi connectivity index (χ0v) is 25.3. The number of ether oxygens (including phenoxy) is 4. The molecule has 0 radical (unpaired) electrons. The third-order valence-electron chi connectivity index (χ3n) is 8.97. The summed E-state index contributed by atoms with van der Waals surface area (Å²) in [7, 11) is 0. The van der Waals surface area contributed by atoms with Crippen LogP contribution < -0.4 is 0 Å². The molecule has 0 N–H and O–H groups in total. The first-order valence-corrected chi connectivity index (χ1v) is 14.6. The normalized spacial score (nSPS) is 34.2. The number of epoxide rings is 1. The van der Waals surface area contributed by atoms with E-state index in [1.54, 1.807) is 19.9 Å². The highest BCUT2D eigenvalue weighted by atomic mass is 16.6. The fourth-order valence-electron chi connectivity index (χ4n) is 5.78. The molecule has 8 heteroatoms. The number of carbonyl (C=O) groups excluding carboxylic acids is 4. The highest BCUT2D eigenvalue weighted by molar-refractivity contribution is 6.04. The van der Waals surface area contributed by atoms with E-state index in [1.165, 1.54) is 6.08 Å². The molecule has 0 bridgehead atoms. The molecular formula is C32H46O8. The first-order valence-electron chi connectivity index (χ1n) is 14.6. The smallest absolute Gasteiger partial charge is 0.331 e. The van der Waals surface area contributed by atoms with Crippen LogP contribution >= 0.6 is 0 Å². The van der Waals surface area contributed by atoms with Gasteiger partial charge >= 0.3 is 17.9 Å². The summed E-state index contributed by atoms with van der Waals surface area (Å²) in [6.07, 6.45) is 2.32. The van der Waals surface area contributed by atoms with E-state index >= 15 is 0 Å². The average Bonchev–Trinajstić information content (AvgIpc) is 3.60. The molecule has 9 atom stereocenters. The lowest BCUT2D eigenvalue weighted by atomic mass is 9.63. The Balaban J connectivity index is 2.12. The van der Waals surface area contributed by atoms with Crippen LogP contribution in [0.1, 0.15) is 81.1 Å². The van der Waals surface area contributed by atoms with Gasteiger partial charge in [-0.1, -0.05) is 59.3 Å². The molecule has 2 aliphatic carbocycles. The van der Waals surface area contributed by atoms with Crippen molar-refractivity contribution in [2.75, 3.05) is 6.61 Å². The Labute approximate surface area is 238 Å². The zero-order chi connectivity index (χ0) is 29.9. The molecule has 0 aromatic rings. The molecule has 0 amide bonds. The van der Waals surface area contributed by atoms with Crippen LogP contribution in [0.3, 0.4) is 0 Å². The Kier molecular flexibility index (Phi) is 10.2. The molecule has 0 aromatic heterocycles. The fraction of sp³-hybridized carbons (Fsp3) is 0.688. The van der Waals surface area contributed by atoms with Gasteiger partial charge in [0, 0.05) is 30.3 Å². The van der Waals surface area contributed by atoms with Crippen LogP contribution in [0.2, 0.25) is 0 Å². The molecule has 1 heterocycles. The molecule has 1 aliphatic heterocycles. The van der Waals surface area contributed by atoms with E-state index < -0.39 is 59.6 Å². The monoisotopic (exact) mass is 558 g/mol. The van der Waals surface area contributed by atoms with E-state index in [4.69, 9.17) is 18.9 Å². The van der Waals surface area contributed by atoms with Crippen LogP contribution in [0.25, 0.3) is 0 Å². The quantitative estimate of drug-likeness (QED) is 0.111. The van der Waals surface area contributed by atoms with Gasteiger partial charge in [-0.15, -0.1) is 0 Å². The average molecular weight is 559 g/mol. The molecule has 222 valence electrons. The number of Topliss-reactive ketones (excluding diaryl/α,β-unsaturated/α-hetero) is 1. The summed E-state index contributed by atoms with van der Waals surface area (Å²) >= 11 is 0. The molecule has 0 spiro atoms. The zero-order valence-electron chi connectivity index (χ0n) is 25.3. The van der Waals surface area contributed by atoms with Crippen LogP contribution in [0, 0.1) is 29.6 Å². The van der Waals surface area contributed by atoms with E-state index in [1.807, 2.05) is 41.5 Å². The number of allylic oxidation sites excluding steroid dienone is 2. The molecule has 1 saturated heterocycles. The van der Waals surface area contributed by atoms with Crippen molar-refractivity contribution >= 4 is 23.7 Å². The lowest BCUT2D eigenvalue weighted by Gasteiger charge is -2.47. The van der Waals surface area contributed by atoms with Crippen molar-refractivity contribution in [2.45, 2.75) is 105 Å². The second-order valence-electron chi connectivity index (χ2n) is 11.9. The molecule has 3 aliphatic rings. The van der Waals surface area contributed by atoms with Crippen molar-refractivity contribution in [3.63, 3.8) is 0 Å². The number of fused-ring (bicyclic) bond motifs is 1. The number of esters is 3. The number of hydrogen-bond acceptors (Lipinski definition) is 8. The molecule has 40 heavy (non-hydrogen) atoms. The maximum atomic E-state index is 13.8. The molecule has 3 rings (SSSR count). The summed E-state index contributed by atoms with van der Waals surface area (Å²) < 4.78 is 23.9. The molecular weight excluding hydrogens is 512 g/mol. The van der Waals surface area contributed by atoms with Crippen LogP contribution in [0.15, 0.2) is 35.5 Å². The van der Waals surface area contributed by atoms with Crippen molar-refractivity contribution in [1.29, 1.82) is 0 Å². The Morgan fingerprint density at radius 1 is 1.07 bits per heavy atom. The molecule has 8 nitrogen and oxygen atoms in total. The van der Waals surface area contributed by atoms with Crippen molar-refractivity contribution < 1.29 is 38.1 Å². The third kappa shape index (κ3) is 6.42. The lowest BCUT2D eigenvalue weighted by molar-refractivity contribution is -0.180. The number of ketones is 1. The van der Waals surface area contributed by atoms with Crippen molar-refractivity contribution in [3.05, 3.63) is 35.5 Å². The summed E-state index contributed by atoms with van der Waals surface area (Å²) in [5.74, 6) is -3.72. The highest BCUT2D eigenvalue weighted by Crippen LogP contribution is 2.58. The van der Waals surface area contributed by atoms with Crippen molar-refractivity contribution in [3.8, 4) is 0 Å². The van der Waals surface area contributed by atoms with Crippen LogP contribution in [-0.4, -0.2) is 54.2 Å². The van der Waals surface area contributed by atoms with Gasteiger partial charge in [0.25, 0.3) is 0 Å². The lowest BCUT2D eigenvalue weighted by Crippen LogP contribution is -2.56. The SMILES string of the molecule is C=C1[C@H]2[C@@H](/C(=C\C)C(=O)[C@H]2OC(=O)C(C)CC)[C@H]([C@@]2(C)CO2)[C@@H](OC(=O)CC(C)CC)[C@H]1OC(=O)/C=C(\C)CC. The second kappa shape index (κ2) is 12.8. The number of hydrogen-bond donors (Lipinski definition) is 0. The van der Waals surface area contributed by atoms with Crippen LogP contribution in [-0.2, 0) is 38.1 Å². The van der Waals surface area contributed by atoms with E-state index in [0.717, 1.165) is 12.0 Å². The predicted octanol–water partition coefficient (Wildman–Crippen LogP) is 5.30. The standard InChI is InChI=1S/C32H46O8/c1-10-17(5)14-22(33)38-28-20(8)24-25(21(13-4)27(35)29(24)40-31(36)19(7)12-3)26(32(9)16-37-32)30(28)39-23(34)15-18(6)11-2/h13-14,18-19,24-26,28-30H,8,10-12,15-16H2,1-7,9H3/b17-14+,21-13+/t18?,19?,24-,25+,26-,28-,29-,30+,32+/m0/s1. The maximum absolute atomic E-state index is 13.8. The van der Waals surface area contributed by atoms with Gasteiger partial charge in [0.05, 0.1) is 18.1 Å². The van der Waals surface area contributed by atoms with E-state index in [9.17, 15) is 19.2 Å². The topological polar surface area (TPSA) is 109 Å². The Morgan fingerprint density at radius 2 is 1.73 bits per heavy atom. The molecule has 0 aromatic carbocycles. The second-order valence-corrected chi connectivity index (χ2v) is 11.9. The first-order chi connectivity index (χ1) is 18.8. The Hall–Kier alpha value is -2.74. The van der Waals surface area contributed by atoms with E-state index in [-0.39, 0.29) is 24.0 Å². The predicted molar refractivity (Wildman–Crippen MR) is 150 cm³/mol. The molecule has 2 unspecified atom stereocenters. The number of rotatable bonds is 11. The minimum absolute atomic E-state index is 0.109. The first kappa shape index (κ1) is 31.8. The van der Waals surface area contributed by atoms with Gasteiger partial charge in [-0.2, -0.15) is 0 Å². The minimum atomic E-state index is -1.11. The van der Waals surface area contributed by atoms with Gasteiger partial charge in [0.1, 0.15) is 6.10 Å². The summed E-state index contributed by atoms with van der Waals surface area (Å²) in [6.45, 7) is 19.7.